The number of nitrogens with two attached hydrogens (primary N) is 1. The average Bonchev–Trinajstić information content (AvgIpc) is 2.95. The van der Waals surface area contributed by atoms with Crippen molar-refractivity contribution in [3.05, 3.63) is 52.4 Å². The van der Waals surface area contributed by atoms with E-state index in [2.05, 4.69) is 30.9 Å². The van der Waals surface area contributed by atoms with Gasteiger partial charge in [0.25, 0.3) is 0 Å². The van der Waals surface area contributed by atoms with Gasteiger partial charge in [0.15, 0.2) is 0 Å². The molecular weight excluding hydrogens is 367 g/mol. The number of carboxylic acid groups (broad SMARTS) is 1. The Bertz CT molecular complexity index is 910. The summed E-state index contributed by atoms with van der Waals surface area (Å²) in [5, 5.41) is 9.39. The lowest BCUT2D eigenvalue weighted by molar-refractivity contribution is 0.0698. The van der Waals surface area contributed by atoms with Crippen LogP contribution in [0.4, 0.5) is 10.3 Å². The van der Waals surface area contributed by atoms with E-state index in [-0.39, 0.29) is 27.2 Å². The Hall–Kier alpha value is -2.74. The number of anilines is 1. The Morgan fingerprint density at radius 3 is 2.83 bits per heavy atom. The highest BCUT2D eigenvalue weighted by Gasteiger charge is 2.20. The first-order valence-electron chi connectivity index (χ1n) is 6.47. The van der Waals surface area contributed by atoms with Gasteiger partial charge in [-0.3, -0.25) is 0 Å². The molecule has 0 spiro atoms. The molecule has 0 fully saturated rings. The number of halogens is 2. The zero-order valence-electron chi connectivity index (χ0n) is 11.5. The summed E-state index contributed by atoms with van der Waals surface area (Å²) >= 11 is 3.09. The van der Waals surface area contributed by atoms with E-state index in [1.807, 2.05) is 0 Å². The molecule has 0 atom stereocenters. The number of aromatic amines is 1. The smallest absolute Gasteiger partial charge is 0.337 e. The van der Waals surface area contributed by atoms with E-state index >= 15 is 0 Å². The number of hydrogen-bond donors (Lipinski definition) is 3. The van der Waals surface area contributed by atoms with Crippen LogP contribution >= 0.6 is 15.9 Å². The van der Waals surface area contributed by atoms with Crippen LogP contribution in [-0.4, -0.2) is 26.0 Å². The second kappa shape index (κ2) is 5.81. The largest absolute Gasteiger partial charge is 0.478 e. The van der Waals surface area contributed by atoms with Crippen LogP contribution in [0.1, 0.15) is 10.4 Å². The molecule has 0 bridgehead atoms. The Kier molecular flexibility index (Phi) is 3.83. The highest BCUT2D eigenvalue weighted by atomic mass is 79.9. The van der Waals surface area contributed by atoms with Crippen LogP contribution in [0.5, 0.6) is 0 Å². The molecule has 4 N–H and O–H groups in total. The third-order valence-electron chi connectivity index (χ3n) is 3.22. The van der Waals surface area contributed by atoms with Crippen LogP contribution < -0.4 is 5.73 Å². The number of nitrogens with zero attached hydrogens (tertiary/aromatic N) is 2. The van der Waals surface area contributed by atoms with E-state index in [1.54, 1.807) is 12.1 Å². The second-order valence-corrected chi connectivity index (χ2v) is 5.53. The number of rotatable bonds is 3. The fourth-order valence-corrected chi connectivity index (χ4v) is 2.56. The standard InChI is InChI=1S/C15H10BrFN4O2/c16-9-3-1-2-7(12(9)17)13-8(14(22)23)6-11(20-13)10-4-5-19-15(18)21-10/h1-6,20H,(H,22,23)(H2,18,19,21). The minimum absolute atomic E-state index is 0.0594. The minimum Gasteiger partial charge on any atom is -0.478 e. The average molecular weight is 377 g/mol. The van der Waals surface area contributed by atoms with Crippen molar-refractivity contribution >= 4 is 27.8 Å². The summed E-state index contributed by atoms with van der Waals surface area (Å²) in [5.74, 6) is -1.67. The summed E-state index contributed by atoms with van der Waals surface area (Å²) in [7, 11) is 0. The number of carboxylic acids is 1. The van der Waals surface area contributed by atoms with Gasteiger partial charge in [0, 0.05) is 11.8 Å². The maximum Gasteiger partial charge on any atom is 0.337 e. The summed E-state index contributed by atoms with van der Waals surface area (Å²) in [5.41, 5.74) is 6.60. The number of aromatic carboxylic acids is 1. The first-order chi connectivity index (χ1) is 11.0. The molecule has 0 aliphatic heterocycles. The molecule has 2 heterocycles. The van der Waals surface area contributed by atoms with Gasteiger partial charge < -0.3 is 15.8 Å². The zero-order valence-corrected chi connectivity index (χ0v) is 13.1. The molecule has 2 aromatic heterocycles. The van der Waals surface area contributed by atoms with Gasteiger partial charge in [0.1, 0.15) is 5.82 Å². The van der Waals surface area contributed by atoms with Gasteiger partial charge in [-0.05, 0) is 40.2 Å². The van der Waals surface area contributed by atoms with Crippen molar-refractivity contribution in [2.75, 3.05) is 5.73 Å². The van der Waals surface area contributed by atoms with Gasteiger partial charge in [0.05, 0.1) is 27.1 Å². The van der Waals surface area contributed by atoms with Gasteiger partial charge in [0.2, 0.25) is 5.95 Å². The van der Waals surface area contributed by atoms with Gasteiger partial charge in [-0.1, -0.05) is 6.07 Å². The van der Waals surface area contributed by atoms with E-state index in [0.717, 1.165) is 0 Å². The number of benzene rings is 1. The maximum atomic E-state index is 14.3. The number of nitrogens with one attached hydrogen (secondary N) is 1. The number of carbonyl (C=O) groups is 1. The van der Waals surface area contributed by atoms with Crippen molar-refractivity contribution in [1.29, 1.82) is 0 Å². The molecule has 0 radical (unpaired) electrons. The Morgan fingerprint density at radius 2 is 2.13 bits per heavy atom. The fourth-order valence-electron chi connectivity index (χ4n) is 2.19. The first-order valence-corrected chi connectivity index (χ1v) is 7.26. The normalized spacial score (nSPS) is 10.7. The molecule has 6 nitrogen and oxygen atoms in total. The highest BCUT2D eigenvalue weighted by molar-refractivity contribution is 9.10. The molecule has 0 unspecified atom stereocenters. The molecule has 3 aromatic rings. The van der Waals surface area contributed by atoms with Crippen LogP contribution in [0.3, 0.4) is 0 Å². The number of nitrogen functional groups attached to an aromatic ring is 1. The monoisotopic (exact) mass is 376 g/mol. The molecule has 0 saturated heterocycles. The SMILES string of the molecule is Nc1nccc(-c2cc(C(=O)O)c(-c3cccc(Br)c3F)[nH]2)n1. The van der Waals surface area contributed by atoms with Crippen molar-refractivity contribution in [2.45, 2.75) is 0 Å². The van der Waals surface area contributed by atoms with Crippen LogP contribution in [0.15, 0.2) is 41.0 Å². The van der Waals surface area contributed by atoms with Crippen LogP contribution in [0.2, 0.25) is 0 Å². The van der Waals surface area contributed by atoms with Gasteiger partial charge in [-0.25, -0.2) is 19.2 Å². The third-order valence-corrected chi connectivity index (χ3v) is 3.83. The lowest BCUT2D eigenvalue weighted by Crippen LogP contribution is -1.98. The first kappa shape index (κ1) is 15.2. The van der Waals surface area contributed by atoms with Crippen molar-refractivity contribution in [2.24, 2.45) is 0 Å². The van der Waals surface area contributed by atoms with Crippen LogP contribution in [0, 0.1) is 5.82 Å². The molecule has 8 heteroatoms. The molecule has 0 aliphatic rings. The summed E-state index contributed by atoms with van der Waals surface area (Å²) in [6, 6.07) is 7.62. The quantitative estimate of drug-likeness (QED) is 0.650. The summed E-state index contributed by atoms with van der Waals surface area (Å²) < 4.78 is 14.5. The predicted molar refractivity (Wildman–Crippen MR) is 86.3 cm³/mol. The zero-order chi connectivity index (χ0) is 16.6. The number of H-pyrrole nitrogens is 1. The Morgan fingerprint density at radius 1 is 1.35 bits per heavy atom. The van der Waals surface area contributed by atoms with E-state index < -0.39 is 11.8 Å². The maximum absolute atomic E-state index is 14.3. The third kappa shape index (κ3) is 2.80. The van der Waals surface area contributed by atoms with Crippen molar-refractivity contribution in [3.63, 3.8) is 0 Å². The fraction of sp³-hybridized carbons (Fsp3) is 0. The van der Waals surface area contributed by atoms with E-state index in [0.29, 0.717) is 11.4 Å². The van der Waals surface area contributed by atoms with E-state index in [4.69, 9.17) is 5.73 Å². The van der Waals surface area contributed by atoms with Gasteiger partial charge in [-0.2, -0.15) is 0 Å². The lowest BCUT2D eigenvalue weighted by atomic mass is 10.1. The van der Waals surface area contributed by atoms with Crippen LogP contribution in [0.25, 0.3) is 22.6 Å². The topological polar surface area (TPSA) is 105 Å². The highest BCUT2D eigenvalue weighted by Crippen LogP contribution is 2.32. The number of aromatic nitrogens is 3. The van der Waals surface area contributed by atoms with Crippen molar-refractivity contribution in [3.8, 4) is 22.6 Å². The molecule has 0 saturated carbocycles. The van der Waals surface area contributed by atoms with Crippen molar-refractivity contribution in [1.82, 2.24) is 15.0 Å². The minimum atomic E-state index is -1.18. The van der Waals surface area contributed by atoms with Gasteiger partial charge in [-0.15, -0.1) is 0 Å². The summed E-state index contributed by atoms with van der Waals surface area (Å²) in [6.07, 6.45) is 1.46. The lowest BCUT2D eigenvalue weighted by Gasteiger charge is -2.04. The molecule has 116 valence electrons. The molecule has 0 aliphatic carbocycles. The van der Waals surface area contributed by atoms with Gasteiger partial charge >= 0.3 is 5.97 Å². The van der Waals surface area contributed by atoms with Crippen LogP contribution in [-0.2, 0) is 0 Å². The van der Waals surface area contributed by atoms with Crippen molar-refractivity contribution < 1.29 is 14.3 Å². The van der Waals surface area contributed by atoms with E-state index in [1.165, 1.54) is 24.4 Å². The second-order valence-electron chi connectivity index (χ2n) is 4.68. The van der Waals surface area contributed by atoms with E-state index in [9.17, 15) is 14.3 Å². The summed E-state index contributed by atoms with van der Waals surface area (Å²) in [4.78, 5) is 22.2. The molecule has 23 heavy (non-hydrogen) atoms. The Balaban J connectivity index is 2.21. The predicted octanol–water partition coefficient (Wildman–Crippen LogP) is 3.32. The Labute approximate surface area is 138 Å². The molecule has 3 rings (SSSR count). The molecule has 1 aromatic carbocycles. The summed E-state index contributed by atoms with van der Waals surface area (Å²) in [6.45, 7) is 0. The molecular formula is C15H10BrFN4O2. The number of hydrogen-bond acceptors (Lipinski definition) is 4. The molecule has 0 amide bonds.